The third-order valence-electron chi connectivity index (χ3n) is 3.42. The Labute approximate surface area is 136 Å². The minimum atomic E-state index is -0.555. The molecule has 23 heavy (non-hydrogen) atoms. The number of aliphatic hydroxyl groups is 1. The number of methoxy groups -OCH3 is 1. The van der Waals surface area contributed by atoms with Crippen LogP contribution < -0.4 is 10.5 Å². The number of rotatable bonds is 9. The second-order valence-corrected chi connectivity index (χ2v) is 7.26. The lowest BCUT2D eigenvalue weighted by atomic mass is 10.3. The van der Waals surface area contributed by atoms with Crippen LogP contribution in [0.5, 0.6) is 5.88 Å². The highest BCUT2D eigenvalue weighted by molar-refractivity contribution is 7.52. The molecular formula is C14H24N5O3P. The molecule has 9 heteroatoms. The van der Waals surface area contributed by atoms with E-state index in [1.807, 2.05) is 11.5 Å². The van der Waals surface area contributed by atoms with Gasteiger partial charge in [-0.2, -0.15) is 9.97 Å². The summed E-state index contributed by atoms with van der Waals surface area (Å²) in [6.45, 7) is 5.35. The van der Waals surface area contributed by atoms with E-state index in [1.54, 1.807) is 6.33 Å². The largest absolute Gasteiger partial charge is 0.479 e. The van der Waals surface area contributed by atoms with Crippen molar-refractivity contribution in [3.63, 3.8) is 0 Å². The fourth-order valence-electron chi connectivity index (χ4n) is 2.31. The molecule has 128 valence electrons. The zero-order valence-electron chi connectivity index (χ0n) is 13.8. The predicted molar refractivity (Wildman–Crippen MR) is 90.9 cm³/mol. The Hall–Kier alpha value is -1.50. The molecule has 0 aliphatic heterocycles. The van der Waals surface area contributed by atoms with E-state index >= 15 is 0 Å². The Morgan fingerprint density at radius 1 is 1.39 bits per heavy atom. The molecule has 2 rings (SSSR count). The predicted octanol–water partition coefficient (Wildman–Crippen LogP) is 1.62. The highest BCUT2D eigenvalue weighted by Gasteiger charge is 2.16. The zero-order chi connectivity index (χ0) is 16.8. The molecule has 2 heterocycles. The first-order chi connectivity index (χ1) is 11.1. The SMILES string of the molecule is CCOP(CC)CC(O)CCn1cnc2c(OC)nc(N)nc21. The van der Waals surface area contributed by atoms with Crippen molar-refractivity contribution in [2.75, 3.05) is 31.8 Å². The number of anilines is 1. The van der Waals surface area contributed by atoms with E-state index in [9.17, 15) is 5.11 Å². The van der Waals surface area contributed by atoms with Crippen molar-refractivity contribution in [1.82, 2.24) is 19.5 Å². The second kappa shape index (κ2) is 8.38. The van der Waals surface area contributed by atoms with E-state index in [4.69, 9.17) is 15.0 Å². The van der Waals surface area contributed by atoms with Crippen LogP contribution >= 0.6 is 8.15 Å². The molecule has 0 aromatic carbocycles. The van der Waals surface area contributed by atoms with Crippen LogP contribution in [0.15, 0.2) is 6.33 Å². The van der Waals surface area contributed by atoms with Gasteiger partial charge in [0, 0.05) is 27.5 Å². The van der Waals surface area contributed by atoms with Crippen molar-refractivity contribution < 1.29 is 14.4 Å². The van der Waals surface area contributed by atoms with Crippen molar-refractivity contribution in [2.45, 2.75) is 32.9 Å². The van der Waals surface area contributed by atoms with Crippen LogP contribution in [0.3, 0.4) is 0 Å². The van der Waals surface area contributed by atoms with E-state index < -0.39 is 14.3 Å². The molecule has 0 saturated carbocycles. The molecule has 8 nitrogen and oxygen atoms in total. The van der Waals surface area contributed by atoms with Gasteiger partial charge in [-0.15, -0.1) is 0 Å². The number of nitrogen functional groups attached to an aromatic ring is 1. The Morgan fingerprint density at radius 2 is 2.17 bits per heavy atom. The van der Waals surface area contributed by atoms with Gasteiger partial charge >= 0.3 is 0 Å². The highest BCUT2D eigenvalue weighted by atomic mass is 31.1. The molecule has 0 amide bonds. The quantitative estimate of drug-likeness (QED) is 0.667. The van der Waals surface area contributed by atoms with Crippen molar-refractivity contribution in [3.05, 3.63) is 6.33 Å². The van der Waals surface area contributed by atoms with Crippen LogP contribution in [-0.2, 0) is 11.1 Å². The van der Waals surface area contributed by atoms with E-state index in [0.29, 0.717) is 42.8 Å². The maximum Gasteiger partial charge on any atom is 0.246 e. The Kier molecular flexibility index (Phi) is 6.50. The fraction of sp³-hybridized carbons (Fsp3) is 0.643. The summed E-state index contributed by atoms with van der Waals surface area (Å²) in [6.07, 6.45) is 3.50. The Balaban J connectivity index is 2.03. The van der Waals surface area contributed by atoms with Crippen molar-refractivity contribution in [3.8, 4) is 5.88 Å². The maximum atomic E-state index is 10.2. The average molecular weight is 341 g/mol. The summed E-state index contributed by atoms with van der Waals surface area (Å²) in [4.78, 5) is 12.5. The standard InChI is InChI=1S/C14H24N5O3P/c1-4-22-23(5-2)8-10(20)6-7-19-9-16-11-12(19)17-14(15)18-13(11)21-3/h9-10,20H,4-8H2,1-3H3,(H2,15,17,18). The van der Waals surface area contributed by atoms with Crippen molar-refractivity contribution >= 4 is 25.3 Å². The van der Waals surface area contributed by atoms with Crippen LogP contribution in [0.2, 0.25) is 0 Å². The topological polar surface area (TPSA) is 108 Å². The van der Waals surface area contributed by atoms with Gasteiger partial charge in [0.1, 0.15) is 0 Å². The molecule has 0 spiro atoms. The zero-order valence-corrected chi connectivity index (χ0v) is 14.7. The third-order valence-corrected chi connectivity index (χ3v) is 5.58. The van der Waals surface area contributed by atoms with Crippen LogP contribution in [0.4, 0.5) is 5.95 Å². The Morgan fingerprint density at radius 3 is 2.83 bits per heavy atom. The molecule has 0 fully saturated rings. The summed E-state index contributed by atoms with van der Waals surface area (Å²) in [5.41, 5.74) is 6.88. The first kappa shape index (κ1) is 17.8. The molecule has 3 N–H and O–H groups in total. The molecule has 2 aromatic rings. The number of hydrogen-bond acceptors (Lipinski definition) is 7. The van der Waals surface area contributed by atoms with Gasteiger partial charge in [0.05, 0.1) is 19.5 Å². The van der Waals surface area contributed by atoms with Crippen LogP contribution in [0.25, 0.3) is 11.2 Å². The maximum absolute atomic E-state index is 10.2. The van der Waals surface area contributed by atoms with E-state index in [1.165, 1.54) is 7.11 Å². The summed E-state index contributed by atoms with van der Waals surface area (Å²) in [5.74, 6) is 0.500. The number of aliphatic hydroxyl groups excluding tert-OH is 1. The molecule has 0 bridgehead atoms. The average Bonchev–Trinajstić information content (AvgIpc) is 2.94. The molecule has 2 aromatic heterocycles. The smallest absolute Gasteiger partial charge is 0.246 e. The van der Waals surface area contributed by atoms with Gasteiger partial charge in [0.25, 0.3) is 0 Å². The monoisotopic (exact) mass is 341 g/mol. The number of nitrogens with zero attached hydrogens (tertiary/aromatic N) is 4. The summed E-state index contributed by atoms with van der Waals surface area (Å²) < 4.78 is 12.7. The summed E-state index contributed by atoms with van der Waals surface area (Å²) >= 11 is 0. The molecule has 0 aliphatic rings. The normalized spacial score (nSPS) is 14.1. The molecule has 0 radical (unpaired) electrons. The summed E-state index contributed by atoms with van der Waals surface area (Å²) in [6, 6.07) is 0. The van der Waals surface area contributed by atoms with E-state index in [-0.39, 0.29) is 5.95 Å². The highest BCUT2D eigenvalue weighted by Crippen LogP contribution is 2.37. The van der Waals surface area contributed by atoms with Crippen molar-refractivity contribution in [2.24, 2.45) is 0 Å². The minimum Gasteiger partial charge on any atom is -0.479 e. The lowest BCUT2D eigenvalue weighted by molar-refractivity contribution is 0.178. The molecule has 2 unspecified atom stereocenters. The number of nitrogens with two attached hydrogens (primary N) is 1. The van der Waals surface area contributed by atoms with Crippen LogP contribution in [-0.4, -0.2) is 56.8 Å². The van der Waals surface area contributed by atoms with Gasteiger partial charge in [0.2, 0.25) is 11.8 Å². The number of hydrogen-bond donors (Lipinski definition) is 2. The number of imidazole rings is 1. The van der Waals surface area contributed by atoms with Gasteiger partial charge in [-0.05, 0) is 19.5 Å². The molecule has 2 atom stereocenters. The molecule has 0 aliphatic carbocycles. The second-order valence-electron chi connectivity index (χ2n) is 5.04. The lowest BCUT2D eigenvalue weighted by Crippen LogP contribution is -2.16. The first-order valence-corrected chi connectivity index (χ1v) is 9.30. The minimum absolute atomic E-state index is 0.141. The van der Waals surface area contributed by atoms with Gasteiger partial charge in [0.15, 0.2) is 11.2 Å². The van der Waals surface area contributed by atoms with Crippen LogP contribution in [0.1, 0.15) is 20.3 Å². The number of ether oxygens (including phenoxy) is 1. The third kappa shape index (κ3) is 4.50. The van der Waals surface area contributed by atoms with Crippen LogP contribution in [0, 0.1) is 0 Å². The number of aromatic nitrogens is 4. The first-order valence-electron chi connectivity index (χ1n) is 7.67. The van der Waals surface area contributed by atoms with Crippen molar-refractivity contribution in [1.29, 1.82) is 0 Å². The number of fused-ring (bicyclic) bond motifs is 1. The van der Waals surface area contributed by atoms with Gasteiger partial charge in [-0.3, -0.25) is 0 Å². The Bertz CT molecular complexity index is 636. The summed E-state index contributed by atoms with van der Waals surface area (Å²) in [7, 11) is 0.964. The number of aryl methyl sites for hydroxylation is 1. The molecule has 0 saturated heterocycles. The lowest BCUT2D eigenvalue weighted by Gasteiger charge is -2.18. The van der Waals surface area contributed by atoms with E-state index in [0.717, 1.165) is 6.16 Å². The fourth-order valence-corrected chi connectivity index (χ4v) is 3.87. The molecular weight excluding hydrogens is 317 g/mol. The van der Waals surface area contributed by atoms with Gasteiger partial charge in [-0.1, -0.05) is 6.92 Å². The van der Waals surface area contributed by atoms with E-state index in [2.05, 4.69) is 21.9 Å². The summed E-state index contributed by atoms with van der Waals surface area (Å²) in [5, 5.41) is 10.2. The van der Waals surface area contributed by atoms with Gasteiger partial charge in [-0.25, -0.2) is 4.98 Å². The van der Waals surface area contributed by atoms with Gasteiger partial charge < -0.3 is 24.7 Å².